The van der Waals surface area contributed by atoms with Crippen LogP contribution in [0.15, 0.2) is 47.5 Å². The SMILES string of the molecule is CN(C)C(=O)N1CCN(S(=O)(=O)c2ccc3ncc(C(N)=O)c(Nc4cccc5c4CCO5)c3c2)CC1. The molecule has 0 atom stereocenters. The summed E-state index contributed by atoms with van der Waals surface area (Å²) in [5.74, 6) is 0.0785. The van der Waals surface area contributed by atoms with Crippen LogP contribution in [-0.2, 0) is 16.4 Å². The molecule has 2 aromatic carbocycles. The number of primary amides is 1. The van der Waals surface area contributed by atoms with Gasteiger partial charge in [0.15, 0.2) is 0 Å². The van der Waals surface area contributed by atoms with E-state index in [1.165, 1.54) is 27.5 Å². The van der Waals surface area contributed by atoms with Gasteiger partial charge >= 0.3 is 6.03 Å². The number of nitrogens with two attached hydrogens (primary N) is 1. The molecule has 12 heteroatoms. The molecule has 5 rings (SSSR count). The lowest BCUT2D eigenvalue weighted by atomic mass is 10.1. The van der Waals surface area contributed by atoms with Crippen molar-refractivity contribution in [2.45, 2.75) is 11.3 Å². The highest BCUT2D eigenvalue weighted by Gasteiger charge is 2.31. The molecule has 3 heterocycles. The van der Waals surface area contributed by atoms with Gasteiger partial charge in [-0.15, -0.1) is 0 Å². The lowest BCUT2D eigenvalue weighted by Crippen LogP contribution is -2.52. The van der Waals surface area contributed by atoms with Gasteiger partial charge in [0, 0.05) is 69.5 Å². The maximum absolute atomic E-state index is 13.5. The molecule has 0 unspecified atom stereocenters. The number of pyridine rings is 1. The molecule has 1 fully saturated rings. The monoisotopic (exact) mass is 524 g/mol. The number of nitrogens with one attached hydrogen (secondary N) is 1. The number of ether oxygens (including phenoxy) is 1. The summed E-state index contributed by atoms with van der Waals surface area (Å²) < 4.78 is 34.1. The van der Waals surface area contributed by atoms with E-state index >= 15 is 0 Å². The van der Waals surface area contributed by atoms with Gasteiger partial charge in [-0.2, -0.15) is 4.31 Å². The van der Waals surface area contributed by atoms with Gasteiger partial charge in [0.1, 0.15) is 5.75 Å². The number of hydrogen-bond acceptors (Lipinski definition) is 7. The Hall–Kier alpha value is -3.90. The molecule has 2 aliphatic heterocycles. The number of rotatable bonds is 5. The maximum atomic E-state index is 13.5. The molecule has 0 radical (unpaired) electrons. The Balaban J connectivity index is 1.52. The van der Waals surface area contributed by atoms with Crippen molar-refractivity contribution in [1.82, 2.24) is 19.1 Å². The van der Waals surface area contributed by atoms with Crippen molar-refractivity contribution >= 4 is 44.2 Å². The molecule has 3 N–H and O–H groups in total. The van der Waals surface area contributed by atoms with E-state index < -0.39 is 15.9 Å². The van der Waals surface area contributed by atoms with Crippen LogP contribution < -0.4 is 15.8 Å². The minimum absolute atomic E-state index is 0.0699. The molecule has 0 bridgehead atoms. The Morgan fingerprint density at radius 3 is 2.57 bits per heavy atom. The number of urea groups is 1. The molecule has 0 spiro atoms. The summed E-state index contributed by atoms with van der Waals surface area (Å²) in [6.45, 7) is 1.52. The zero-order valence-corrected chi connectivity index (χ0v) is 21.4. The minimum atomic E-state index is -3.87. The first-order chi connectivity index (χ1) is 17.7. The molecule has 194 valence electrons. The molecular weight excluding hydrogens is 496 g/mol. The predicted molar refractivity (Wildman–Crippen MR) is 139 cm³/mol. The van der Waals surface area contributed by atoms with E-state index in [2.05, 4.69) is 10.3 Å². The van der Waals surface area contributed by atoms with Crippen LogP contribution in [0.25, 0.3) is 10.9 Å². The first-order valence-electron chi connectivity index (χ1n) is 11.9. The number of nitrogens with zero attached hydrogens (tertiary/aromatic N) is 4. The Bertz CT molecular complexity index is 1500. The largest absolute Gasteiger partial charge is 0.493 e. The fourth-order valence-electron chi connectivity index (χ4n) is 4.68. The van der Waals surface area contributed by atoms with Crippen molar-refractivity contribution < 1.29 is 22.7 Å². The highest BCUT2D eigenvalue weighted by molar-refractivity contribution is 7.89. The van der Waals surface area contributed by atoms with E-state index in [9.17, 15) is 18.0 Å². The number of fused-ring (bicyclic) bond motifs is 2. The quantitative estimate of drug-likeness (QED) is 0.521. The van der Waals surface area contributed by atoms with Crippen molar-refractivity contribution in [2.75, 3.05) is 52.2 Å². The van der Waals surface area contributed by atoms with Crippen molar-refractivity contribution in [3.63, 3.8) is 0 Å². The third kappa shape index (κ3) is 4.53. The highest BCUT2D eigenvalue weighted by atomic mass is 32.2. The van der Waals surface area contributed by atoms with Crippen LogP contribution in [-0.4, -0.2) is 86.3 Å². The van der Waals surface area contributed by atoms with Crippen LogP contribution in [0.2, 0.25) is 0 Å². The van der Waals surface area contributed by atoms with Gasteiger partial charge in [0.05, 0.1) is 28.3 Å². The number of benzene rings is 2. The van der Waals surface area contributed by atoms with Gasteiger partial charge in [-0.05, 0) is 30.3 Å². The third-order valence-corrected chi connectivity index (χ3v) is 8.53. The summed E-state index contributed by atoms with van der Waals surface area (Å²) >= 11 is 0. The Labute approximate surface area is 214 Å². The van der Waals surface area contributed by atoms with Crippen molar-refractivity contribution in [3.05, 3.63) is 53.7 Å². The van der Waals surface area contributed by atoms with Crippen LogP contribution in [0.4, 0.5) is 16.2 Å². The third-order valence-electron chi connectivity index (χ3n) is 6.64. The molecule has 1 saturated heterocycles. The van der Waals surface area contributed by atoms with Crippen molar-refractivity contribution in [1.29, 1.82) is 0 Å². The van der Waals surface area contributed by atoms with Crippen LogP contribution in [0.3, 0.4) is 0 Å². The molecule has 1 aromatic heterocycles. The van der Waals surface area contributed by atoms with E-state index in [0.29, 0.717) is 42.7 Å². The number of amides is 3. The van der Waals surface area contributed by atoms with Crippen molar-refractivity contribution in [3.8, 4) is 5.75 Å². The molecule has 2 aliphatic rings. The van der Waals surface area contributed by atoms with E-state index in [0.717, 1.165) is 17.0 Å². The normalized spacial score (nSPS) is 15.8. The van der Waals surface area contributed by atoms with E-state index in [1.54, 1.807) is 25.1 Å². The number of carbonyl (C=O) groups is 2. The summed E-state index contributed by atoms with van der Waals surface area (Å²) in [4.78, 5) is 32.0. The minimum Gasteiger partial charge on any atom is -0.493 e. The number of carbonyl (C=O) groups excluding carboxylic acids is 2. The first-order valence-corrected chi connectivity index (χ1v) is 13.3. The molecule has 3 aromatic rings. The topological polar surface area (TPSA) is 138 Å². The van der Waals surface area contributed by atoms with E-state index in [4.69, 9.17) is 10.5 Å². The van der Waals surface area contributed by atoms with Crippen LogP contribution in [0.5, 0.6) is 5.75 Å². The second-order valence-electron chi connectivity index (χ2n) is 9.16. The highest BCUT2D eigenvalue weighted by Crippen LogP contribution is 2.37. The molecule has 3 amide bonds. The summed E-state index contributed by atoms with van der Waals surface area (Å²) in [6.07, 6.45) is 2.09. The predicted octanol–water partition coefficient (Wildman–Crippen LogP) is 2.00. The Kier molecular flexibility index (Phi) is 6.38. The zero-order chi connectivity index (χ0) is 26.3. The van der Waals surface area contributed by atoms with Crippen LogP contribution >= 0.6 is 0 Å². The average Bonchev–Trinajstić information content (AvgIpc) is 3.38. The van der Waals surface area contributed by atoms with Gasteiger partial charge in [-0.3, -0.25) is 9.78 Å². The molecule has 37 heavy (non-hydrogen) atoms. The number of anilines is 2. The van der Waals surface area contributed by atoms with Gasteiger partial charge in [0.2, 0.25) is 10.0 Å². The summed E-state index contributed by atoms with van der Waals surface area (Å²) in [6, 6.07) is 10.1. The van der Waals surface area contributed by atoms with Gasteiger partial charge in [-0.25, -0.2) is 13.2 Å². The number of sulfonamides is 1. The van der Waals surface area contributed by atoms with E-state index in [-0.39, 0.29) is 29.6 Å². The molecular formula is C25H28N6O5S. The lowest BCUT2D eigenvalue weighted by molar-refractivity contribution is 0.100. The summed E-state index contributed by atoms with van der Waals surface area (Å²) in [5.41, 5.74) is 8.43. The van der Waals surface area contributed by atoms with Crippen LogP contribution in [0.1, 0.15) is 15.9 Å². The second kappa shape index (κ2) is 9.52. The number of piperazine rings is 1. The standard InChI is InChI=1S/C25H28N6O5S/c1-29(2)25(33)30-9-11-31(12-10-30)37(34,35)16-6-7-20-18(14-16)23(19(15-27-20)24(26)32)28-21-4-3-5-22-17(21)8-13-36-22/h3-7,14-15H,8-13H2,1-2H3,(H2,26,32)(H,27,28). The Morgan fingerprint density at radius 1 is 1.11 bits per heavy atom. The second-order valence-corrected chi connectivity index (χ2v) is 11.1. The Morgan fingerprint density at radius 2 is 1.86 bits per heavy atom. The fraction of sp³-hybridized carbons (Fsp3) is 0.320. The molecule has 0 aliphatic carbocycles. The van der Waals surface area contributed by atoms with Gasteiger partial charge < -0.3 is 25.6 Å². The first kappa shape index (κ1) is 24.8. The number of hydrogen-bond donors (Lipinski definition) is 2. The maximum Gasteiger partial charge on any atom is 0.319 e. The summed E-state index contributed by atoms with van der Waals surface area (Å²) in [7, 11) is -0.537. The fourth-order valence-corrected chi connectivity index (χ4v) is 6.13. The van der Waals surface area contributed by atoms with E-state index in [1.807, 2.05) is 18.2 Å². The lowest BCUT2D eigenvalue weighted by Gasteiger charge is -2.35. The van der Waals surface area contributed by atoms with Crippen LogP contribution in [0, 0.1) is 0 Å². The smallest absolute Gasteiger partial charge is 0.319 e. The zero-order valence-electron chi connectivity index (χ0n) is 20.6. The molecule has 11 nitrogen and oxygen atoms in total. The van der Waals surface area contributed by atoms with Gasteiger partial charge in [0.25, 0.3) is 5.91 Å². The summed E-state index contributed by atoms with van der Waals surface area (Å²) in [5, 5.41) is 3.76. The van der Waals surface area contributed by atoms with Gasteiger partial charge in [-0.1, -0.05) is 6.07 Å². The average molecular weight is 525 g/mol. The van der Waals surface area contributed by atoms with Crippen molar-refractivity contribution in [2.24, 2.45) is 5.73 Å². The molecule has 0 saturated carbocycles. The number of aromatic nitrogens is 1.